The van der Waals surface area contributed by atoms with Gasteiger partial charge in [0.25, 0.3) is 0 Å². The third-order valence-electron chi connectivity index (χ3n) is 5.26. The molecule has 12 heteroatoms. The molecule has 2 aromatic carbocycles. The van der Waals surface area contributed by atoms with Crippen LogP contribution in [0.3, 0.4) is 0 Å². The number of benzene rings is 2. The van der Waals surface area contributed by atoms with Crippen molar-refractivity contribution < 1.29 is 43.9 Å². The van der Waals surface area contributed by atoms with E-state index in [1.807, 2.05) is 0 Å². The van der Waals surface area contributed by atoms with Crippen LogP contribution in [0.25, 0.3) is 0 Å². The third kappa shape index (κ3) is 3.65. The van der Waals surface area contributed by atoms with Gasteiger partial charge in [0.05, 0.1) is 29.0 Å². The summed E-state index contributed by atoms with van der Waals surface area (Å²) in [5, 5.41) is 0. The summed E-state index contributed by atoms with van der Waals surface area (Å²) in [5.41, 5.74) is -5.26. The summed E-state index contributed by atoms with van der Waals surface area (Å²) in [7, 11) is 0. The Labute approximate surface area is 168 Å². The maximum Gasteiger partial charge on any atom is 0.418 e. The lowest BCUT2D eigenvalue weighted by atomic mass is 9.93. The summed E-state index contributed by atoms with van der Waals surface area (Å²) in [6.45, 7) is -2.38. The van der Waals surface area contributed by atoms with Crippen molar-refractivity contribution in [1.29, 1.82) is 0 Å². The zero-order valence-corrected chi connectivity index (χ0v) is 15.3. The summed E-state index contributed by atoms with van der Waals surface area (Å²) < 4.78 is 133. The average Bonchev–Trinajstić information content (AvgIpc) is 2.63. The van der Waals surface area contributed by atoms with Gasteiger partial charge in [-0.2, -0.15) is 39.5 Å². The Bertz CT molecular complexity index is 1040. The van der Waals surface area contributed by atoms with Crippen molar-refractivity contribution in [3.63, 3.8) is 0 Å². The maximum absolute atomic E-state index is 13.6. The highest BCUT2D eigenvalue weighted by molar-refractivity contribution is 5.73. The molecule has 0 atom stereocenters. The lowest BCUT2D eigenvalue weighted by Gasteiger charge is -2.46. The summed E-state index contributed by atoms with van der Waals surface area (Å²) in [6.07, 6.45) is -15.0. The van der Waals surface area contributed by atoms with Crippen molar-refractivity contribution >= 4 is 11.4 Å². The van der Waals surface area contributed by atoms with E-state index in [1.54, 1.807) is 0 Å². The molecule has 0 N–H and O–H groups in total. The highest BCUT2D eigenvalue weighted by Gasteiger charge is 2.44. The van der Waals surface area contributed by atoms with Gasteiger partial charge in [-0.3, -0.25) is 0 Å². The first-order chi connectivity index (χ1) is 14.2. The lowest BCUT2D eigenvalue weighted by molar-refractivity contribution is -0.143. The van der Waals surface area contributed by atoms with Crippen LogP contribution in [0.5, 0.6) is 0 Å². The van der Waals surface area contributed by atoms with Crippen LogP contribution in [0.2, 0.25) is 0 Å². The molecule has 0 aliphatic carbocycles. The fourth-order valence-electron chi connectivity index (χ4n) is 4.14. The van der Waals surface area contributed by atoms with E-state index in [9.17, 15) is 43.9 Å². The minimum Gasteiger partial charge on any atom is -0.349 e. The van der Waals surface area contributed by atoms with Gasteiger partial charge in [0.1, 0.15) is 6.67 Å². The van der Waals surface area contributed by atoms with Crippen molar-refractivity contribution in [2.75, 3.05) is 16.5 Å². The largest absolute Gasteiger partial charge is 0.418 e. The van der Waals surface area contributed by atoms with E-state index in [-0.39, 0.29) is 35.1 Å². The fraction of sp³-hybridized carbons (Fsp3) is 0.368. The summed E-state index contributed by atoms with van der Waals surface area (Å²) in [6, 6.07) is 1.93. The summed E-state index contributed by atoms with van der Waals surface area (Å²) >= 11 is 0. The van der Waals surface area contributed by atoms with Gasteiger partial charge in [0.2, 0.25) is 0 Å². The Balaban J connectivity index is 1.90. The topological polar surface area (TPSA) is 6.48 Å². The number of nitrogens with zero attached hydrogens (tertiary/aromatic N) is 2. The molecule has 0 amide bonds. The Morgan fingerprint density at radius 3 is 1.61 bits per heavy atom. The molecule has 168 valence electrons. The molecule has 2 aromatic rings. The molecular formula is C19H12F10N2. The Kier molecular flexibility index (Phi) is 4.64. The van der Waals surface area contributed by atoms with E-state index in [1.165, 1.54) is 4.90 Å². The zero-order chi connectivity index (χ0) is 22.9. The minimum atomic E-state index is -5.12. The van der Waals surface area contributed by atoms with Gasteiger partial charge in [-0.1, -0.05) is 0 Å². The minimum absolute atomic E-state index is 0.00311. The number of hydrogen-bond donors (Lipinski definition) is 0. The molecule has 2 bridgehead atoms. The quantitative estimate of drug-likeness (QED) is 0.450. The Hall–Kier alpha value is -2.66. The van der Waals surface area contributed by atoms with Gasteiger partial charge >= 0.3 is 18.5 Å². The highest BCUT2D eigenvalue weighted by atomic mass is 19.4. The van der Waals surface area contributed by atoms with Crippen LogP contribution in [-0.4, -0.2) is 6.67 Å². The number of anilines is 2. The van der Waals surface area contributed by atoms with Crippen LogP contribution in [0, 0.1) is 0 Å². The average molecular weight is 458 g/mol. The van der Waals surface area contributed by atoms with Crippen molar-refractivity contribution in [2.24, 2.45) is 0 Å². The van der Waals surface area contributed by atoms with E-state index in [4.69, 9.17) is 0 Å². The second-order valence-electron chi connectivity index (χ2n) is 7.34. The van der Waals surface area contributed by atoms with Crippen molar-refractivity contribution in [1.82, 2.24) is 0 Å². The zero-order valence-electron chi connectivity index (χ0n) is 15.3. The molecule has 4 rings (SSSR count). The Morgan fingerprint density at radius 2 is 1.13 bits per heavy atom. The monoisotopic (exact) mass is 458 g/mol. The standard InChI is InChI=1S/C19H12F10N2/c20-5-9-1-12(17(21,22)23)2-10-6-31-8-30(15(9)10)7-11-3-13(18(24,25)26)4-14(16(11)31)19(27,28)29/h1-4H,5-8H2. The van der Waals surface area contributed by atoms with Gasteiger partial charge < -0.3 is 9.80 Å². The van der Waals surface area contributed by atoms with Gasteiger partial charge in [-0.05, 0) is 35.4 Å². The van der Waals surface area contributed by atoms with E-state index in [0.717, 1.165) is 11.0 Å². The first kappa shape index (κ1) is 21.6. The molecule has 0 spiro atoms. The molecule has 0 saturated heterocycles. The van der Waals surface area contributed by atoms with Crippen LogP contribution in [-0.2, 0) is 38.3 Å². The van der Waals surface area contributed by atoms with Crippen LogP contribution in [0.4, 0.5) is 55.3 Å². The van der Waals surface area contributed by atoms with E-state index < -0.39 is 60.7 Å². The van der Waals surface area contributed by atoms with Crippen molar-refractivity contribution in [3.8, 4) is 0 Å². The van der Waals surface area contributed by atoms with Crippen LogP contribution in [0.1, 0.15) is 33.4 Å². The number of rotatable bonds is 1. The summed E-state index contributed by atoms with van der Waals surface area (Å²) in [4.78, 5) is 2.35. The molecule has 0 unspecified atom stereocenters. The van der Waals surface area contributed by atoms with Crippen LogP contribution < -0.4 is 9.80 Å². The first-order valence-corrected chi connectivity index (χ1v) is 8.80. The maximum atomic E-state index is 13.6. The molecular weight excluding hydrogens is 446 g/mol. The molecule has 0 fully saturated rings. The highest BCUT2D eigenvalue weighted by Crippen LogP contribution is 2.48. The molecule has 0 radical (unpaired) electrons. The molecule has 31 heavy (non-hydrogen) atoms. The molecule has 0 aromatic heterocycles. The van der Waals surface area contributed by atoms with Crippen LogP contribution in [0.15, 0.2) is 24.3 Å². The molecule has 2 nitrogen and oxygen atoms in total. The number of halogens is 10. The SMILES string of the molecule is FCc1cc(C(F)(F)F)cc2c1N1Cc3cc(C(F)(F)F)cc(C(F)(F)F)c3N(C2)C1. The smallest absolute Gasteiger partial charge is 0.349 e. The molecule has 2 aliphatic heterocycles. The van der Waals surface area contributed by atoms with E-state index in [0.29, 0.717) is 12.1 Å². The normalized spacial score (nSPS) is 16.3. The van der Waals surface area contributed by atoms with Gasteiger partial charge in [0.15, 0.2) is 0 Å². The van der Waals surface area contributed by atoms with Crippen molar-refractivity contribution in [2.45, 2.75) is 38.3 Å². The van der Waals surface area contributed by atoms with Gasteiger partial charge in [-0.15, -0.1) is 0 Å². The van der Waals surface area contributed by atoms with Crippen molar-refractivity contribution in [3.05, 3.63) is 57.6 Å². The Morgan fingerprint density at radius 1 is 0.645 bits per heavy atom. The fourth-order valence-corrected chi connectivity index (χ4v) is 4.14. The predicted octanol–water partition coefficient (Wildman–Crippen LogP) is 6.51. The number of fused-ring (bicyclic) bond motifs is 6. The molecule has 0 saturated carbocycles. The van der Waals surface area contributed by atoms with Gasteiger partial charge in [-0.25, -0.2) is 4.39 Å². The second kappa shape index (κ2) is 6.67. The second-order valence-corrected chi connectivity index (χ2v) is 7.34. The predicted molar refractivity (Wildman–Crippen MR) is 89.9 cm³/mol. The lowest BCUT2D eigenvalue weighted by Crippen LogP contribution is -2.47. The number of hydrogen-bond acceptors (Lipinski definition) is 2. The number of alkyl halides is 10. The third-order valence-corrected chi connectivity index (χ3v) is 5.26. The summed E-state index contributed by atoms with van der Waals surface area (Å²) in [5.74, 6) is 0. The van der Waals surface area contributed by atoms with Gasteiger partial charge in [0, 0.05) is 24.3 Å². The van der Waals surface area contributed by atoms with E-state index >= 15 is 0 Å². The van der Waals surface area contributed by atoms with E-state index in [2.05, 4.69) is 0 Å². The first-order valence-electron chi connectivity index (χ1n) is 8.80. The molecule has 2 heterocycles. The van der Waals surface area contributed by atoms with Crippen LogP contribution >= 0.6 is 0 Å². The molecule has 2 aliphatic rings.